The molecule has 0 saturated heterocycles. The van der Waals surface area contributed by atoms with Gasteiger partial charge in [0.15, 0.2) is 0 Å². The molecule has 1 atom stereocenters. The first-order chi connectivity index (χ1) is 10.3. The molecule has 21 heavy (non-hydrogen) atoms. The van der Waals surface area contributed by atoms with Crippen LogP contribution in [0.3, 0.4) is 0 Å². The molecule has 0 aliphatic carbocycles. The van der Waals surface area contributed by atoms with Crippen LogP contribution in [0.2, 0.25) is 0 Å². The zero-order valence-electron chi connectivity index (χ0n) is 11.5. The fourth-order valence-electron chi connectivity index (χ4n) is 2.22. The standard InChI is InChI=1S/C15H16N4O2/c20-15(19-21-10-11-4-2-1-3-5-11)13-8-12-14(9-18-13)17-7-6-16-12/h1-7,13,18H,8-10H2,(H,19,20). The molecule has 0 bridgehead atoms. The van der Waals surface area contributed by atoms with Gasteiger partial charge in [-0.1, -0.05) is 30.3 Å². The van der Waals surface area contributed by atoms with Gasteiger partial charge in [-0.05, 0) is 5.56 Å². The van der Waals surface area contributed by atoms with Crippen LogP contribution in [-0.4, -0.2) is 21.9 Å². The number of carbonyl (C=O) groups excluding carboxylic acids is 1. The number of aromatic nitrogens is 2. The fourth-order valence-corrected chi connectivity index (χ4v) is 2.22. The van der Waals surface area contributed by atoms with E-state index in [2.05, 4.69) is 20.8 Å². The van der Waals surface area contributed by atoms with E-state index in [4.69, 9.17) is 4.84 Å². The maximum atomic E-state index is 12.1. The van der Waals surface area contributed by atoms with Crippen molar-refractivity contribution in [1.29, 1.82) is 0 Å². The van der Waals surface area contributed by atoms with Crippen LogP contribution >= 0.6 is 0 Å². The fraction of sp³-hybridized carbons (Fsp3) is 0.267. The quantitative estimate of drug-likeness (QED) is 0.810. The zero-order valence-corrected chi connectivity index (χ0v) is 11.5. The van der Waals surface area contributed by atoms with Crippen LogP contribution < -0.4 is 10.8 Å². The maximum Gasteiger partial charge on any atom is 0.261 e. The van der Waals surface area contributed by atoms with Gasteiger partial charge in [-0.3, -0.25) is 24.9 Å². The monoisotopic (exact) mass is 284 g/mol. The Morgan fingerprint density at radius 2 is 2.00 bits per heavy atom. The lowest BCUT2D eigenvalue weighted by molar-refractivity contribution is -0.137. The smallest absolute Gasteiger partial charge is 0.261 e. The molecule has 3 rings (SSSR count). The summed E-state index contributed by atoms with van der Waals surface area (Å²) in [6, 6.07) is 9.34. The minimum atomic E-state index is -0.343. The number of hydrogen-bond donors (Lipinski definition) is 2. The Balaban J connectivity index is 1.50. The predicted molar refractivity (Wildman–Crippen MR) is 75.7 cm³/mol. The molecule has 6 heteroatoms. The summed E-state index contributed by atoms with van der Waals surface area (Å²) in [5.41, 5.74) is 5.24. The summed E-state index contributed by atoms with van der Waals surface area (Å²) >= 11 is 0. The van der Waals surface area contributed by atoms with Crippen molar-refractivity contribution in [2.45, 2.75) is 25.6 Å². The molecule has 1 amide bonds. The van der Waals surface area contributed by atoms with Gasteiger partial charge < -0.3 is 0 Å². The van der Waals surface area contributed by atoms with Gasteiger partial charge in [0.2, 0.25) is 0 Å². The Morgan fingerprint density at radius 1 is 1.24 bits per heavy atom. The molecule has 6 nitrogen and oxygen atoms in total. The average molecular weight is 284 g/mol. The molecule has 1 aromatic carbocycles. The Labute approximate surface area is 122 Å². The molecule has 1 aliphatic heterocycles. The SMILES string of the molecule is O=C(NOCc1ccccc1)C1Cc2nccnc2CN1. The van der Waals surface area contributed by atoms with Crippen LogP contribution in [0.1, 0.15) is 17.0 Å². The van der Waals surface area contributed by atoms with Gasteiger partial charge in [-0.2, -0.15) is 0 Å². The average Bonchev–Trinajstić information content (AvgIpc) is 2.55. The second-order valence-corrected chi connectivity index (χ2v) is 4.83. The largest absolute Gasteiger partial charge is 0.300 e. The molecule has 1 aliphatic rings. The number of benzene rings is 1. The highest BCUT2D eigenvalue weighted by atomic mass is 16.6. The Hall–Kier alpha value is -2.31. The van der Waals surface area contributed by atoms with Crippen LogP contribution in [-0.2, 0) is 29.2 Å². The van der Waals surface area contributed by atoms with E-state index in [0.717, 1.165) is 17.0 Å². The van der Waals surface area contributed by atoms with E-state index in [9.17, 15) is 4.79 Å². The van der Waals surface area contributed by atoms with Crippen molar-refractivity contribution in [1.82, 2.24) is 20.8 Å². The van der Waals surface area contributed by atoms with Crippen molar-refractivity contribution in [2.75, 3.05) is 0 Å². The summed E-state index contributed by atoms with van der Waals surface area (Å²) in [6.45, 7) is 0.885. The van der Waals surface area contributed by atoms with Gasteiger partial charge >= 0.3 is 0 Å². The highest BCUT2D eigenvalue weighted by Crippen LogP contribution is 2.11. The molecule has 0 saturated carbocycles. The molecule has 2 heterocycles. The normalized spacial score (nSPS) is 17.0. The van der Waals surface area contributed by atoms with Gasteiger partial charge in [-0.15, -0.1) is 0 Å². The van der Waals surface area contributed by atoms with Crippen molar-refractivity contribution in [3.8, 4) is 0 Å². The van der Waals surface area contributed by atoms with E-state index in [1.54, 1.807) is 12.4 Å². The summed E-state index contributed by atoms with van der Waals surface area (Å²) in [4.78, 5) is 25.8. The Bertz CT molecular complexity index is 618. The van der Waals surface area contributed by atoms with E-state index >= 15 is 0 Å². The summed E-state index contributed by atoms with van der Waals surface area (Å²) in [5.74, 6) is -0.192. The van der Waals surface area contributed by atoms with Gasteiger partial charge in [0.05, 0.1) is 24.0 Å². The second-order valence-electron chi connectivity index (χ2n) is 4.83. The lowest BCUT2D eigenvalue weighted by atomic mass is 10.0. The third kappa shape index (κ3) is 3.42. The van der Waals surface area contributed by atoms with Crippen molar-refractivity contribution in [3.63, 3.8) is 0 Å². The van der Waals surface area contributed by atoms with E-state index in [0.29, 0.717) is 19.6 Å². The summed E-state index contributed by atoms with van der Waals surface area (Å²) in [6.07, 6.45) is 3.82. The number of nitrogens with one attached hydrogen (secondary N) is 2. The van der Waals surface area contributed by atoms with Crippen LogP contribution in [0.25, 0.3) is 0 Å². The van der Waals surface area contributed by atoms with Crippen LogP contribution in [0, 0.1) is 0 Å². The zero-order chi connectivity index (χ0) is 14.5. The topological polar surface area (TPSA) is 76.1 Å². The first kappa shape index (κ1) is 13.7. The Kier molecular flexibility index (Phi) is 4.18. The van der Waals surface area contributed by atoms with E-state index in [-0.39, 0.29) is 11.9 Å². The summed E-state index contributed by atoms with van der Waals surface area (Å²) < 4.78 is 0. The Morgan fingerprint density at radius 3 is 2.81 bits per heavy atom. The molecule has 0 radical (unpaired) electrons. The minimum absolute atomic E-state index is 0.192. The number of amides is 1. The lowest BCUT2D eigenvalue weighted by Crippen LogP contribution is -2.48. The number of fused-ring (bicyclic) bond motifs is 1. The summed E-state index contributed by atoms with van der Waals surface area (Å²) in [7, 11) is 0. The predicted octanol–water partition coefficient (Wildman–Crippen LogP) is 0.739. The first-order valence-corrected chi connectivity index (χ1v) is 6.80. The highest BCUT2D eigenvalue weighted by molar-refractivity contribution is 5.81. The van der Waals surface area contributed by atoms with Gasteiger partial charge in [0.1, 0.15) is 0 Å². The van der Waals surface area contributed by atoms with Crippen LogP contribution in [0.4, 0.5) is 0 Å². The highest BCUT2D eigenvalue weighted by Gasteiger charge is 2.25. The third-order valence-corrected chi connectivity index (χ3v) is 3.34. The van der Waals surface area contributed by atoms with E-state index in [1.165, 1.54) is 0 Å². The molecule has 1 unspecified atom stereocenters. The molecule has 2 N–H and O–H groups in total. The number of hydrogen-bond acceptors (Lipinski definition) is 5. The molecule has 108 valence electrons. The number of hydroxylamine groups is 1. The van der Waals surface area contributed by atoms with Crippen molar-refractivity contribution in [3.05, 3.63) is 59.7 Å². The van der Waals surface area contributed by atoms with Crippen LogP contribution in [0.15, 0.2) is 42.7 Å². The van der Waals surface area contributed by atoms with Gasteiger partial charge in [-0.25, -0.2) is 5.48 Å². The number of nitrogens with zero attached hydrogens (tertiary/aromatic N) is 2. The third-order valence-electron chi connectivity index (χ3n) is 3.34. The van der Waals surface area contributed by atoms with Gasteiger partial charge in [0, 0.05) is 25.4 Å². The maximum absolute atomic E-state index is 12.1. The molecule has 1 aromatic heterocycles. The van der Waals surface area contributed by atoms with Crippen molar-refractivity contribution in [2.24, 2.45) is 0 Å². The van der Waals surface area contributed by atoms with E-state index in [1.807, 2.05) is 30.3 Å². The number of rotatable bonds is 4. The lowest BCUT2D eigenvalue weighted by Gasteiger charge is -2.23. The molecule has 2 aromatic rings. The molecule has 0 spiro atoms. The molecule has 0 fully saturated rings. The van der Waals surface area contributed by atoms with Crippen molar-refractivity contribution >= 4 is 5.91 Å². The molecular formula is C15H16N4O2. The number of carbonyl (C=O) groups is 1. The molecular weight excluding hydrogens is 268 g/mol. The summed E-state index contributed by atoms with van der Waals surface area (Å²) in [5, 5.41) is 3.13. The van der Waals surface area contributed by atoms with Gasteiger partial charge in [0.25, 0.3) is 5.91 Å². The van der Waals surface area contributed by atoms with Crippen molar-refractivity contribution < 1.29 is 9.63 Å². The first-order valence-electron chi connectivity index (χ1n) is 6.80. The second kappa shape index (κ2) is 6.43. The minimum Gasteiger partial charge on any atom is -0.300 e. The van der Waals surface area contributed by atoms with E-state index < -0.39 is 0 Å². The van der Waals surface area contributed by atoms with Crippen LogP contribution in [0.5, 0.6) is 0 Å².